The molecule has 2 aliphatic rings. The summed E-state index contributed by atoms with van der Waals surface area (Å²) in [4.78, 5) is 13.1. The molecule has 2 aliphatic heterocycles. The summed E-state index contributed by atoms with van der Waals surface area (Å²) < 4.78 is 32.8. The molecule has 7 nitrogen and oxygen atoms in total. The number of ether oxygens (including phenoxy) is 1. The molecule has 0 aromatic carbocycles. The van der Waals surface area contributed by atoms with E-state index in [1.807, 2.05) is 0 Å². The minimum atomic E-state index is -3.61. The van der Waals surface area contributed by atoms with E-state index >= 15 is 0 Å². The van der Waals surface area contributed by atoms with Gasteiger partial charge in [0.25, 0.3) is 10.1 Å². The summed E-state index contributed by atoms with van der Waals surface area (Å²) in [5, 5.41) is 1.06. The number of nitrogens with zero attached hydrogens (tertiary/aromatic N) is 1. The molecule has 0 aromatic rings. The van der Waals surface area contributed by atoms with Crippen molar-refractivity contribution in [3.05, 3.63) is 11.1 Å². The highest BCUT2D eigenvalue weighted by Crippen LogP contribution is 2.37. The van der Waals surface area contributed by atoms with Gasteiger partial charge in [-0.15, -0.1) is 0 Å². The molecule has 0 aliphatic carbocycles. The van der Waals surface area contributed by atoms with Crippen molar-refractivity contribution in [2.45, 2.75) is 25.4 Å². The van der Waals surface area contributed by atoms with E-state index < -0.39 is 15.7 Å². The van der Waals surface area contributed by atoms with Gasteiger partial charge >= 0.3 is 6.09 Å². The first-order chi connectivity index (χ1) is 8.38. The Bertz CT molecular complexity index is 476. The molecule has 2 heterocycles. The van der Waals surface area contributed by atoms with E-state index in [-0.39, 0.29) is 6.09 Å². The van der Waals surface area contributed by atoms with Crippen LogP contribution in [-0.4, -0.2) is 44.7 Å². The molecule has 1 saturated heterocycles. The van der Waals surface area contributed by atoms with Crippen LogP contribution in [0.2, 0.25) is 0 Å². The first-order valence-electron chi connectivity index (χ1n) is 5.80. The summed E-state index contributed by atoms with van der Waals surface area (Å²) in [5.74, 6) is 0. The Kier molecular flexibility index (Phi) is 3.35. The third kappa shape index (κ3) is 2.36. The molecule has 8 heteroatoms. The number of quaternary nitrogens is 1. The van der Waals surface area contributed by atoms with Crippen LogP contribution in [0.15, 0.2) is 11.1 Å². The fourth-order valence-electron chi connectivity index (χ4n) is 2.25. The summed E-state index contributed by atoms with van der Waals surface area (Å²) in [6, 6.07) is 0. The number of hydrogen-bond donors (Lipinski definition) is 1. The van der Waals surface area contributed by atoms with Crippen molar-refractivity contribution in [2.75, 3.05) is 19.7 Å². The molecule has 0 unspecified atom stereocenters. The lowest BCUT2D eigenvalue weighted by atomic mass is 9.89. The topological polar surface area (TPSA) is 101 Å². The minimum absolute atomic E-state index is 0.325. The lowest BCUT2D eigenvalue weighted by Crippen LogP contribution is -2.60. The normalized spacial score (nSPS) is 25.0. The SMILES string of the molecule is CCOC(=O)N1CCC2(CC1)OS(=O)(=O)C=C2[NH3+]. The molecule has 1 amide bonds. The molecule has 102 valence electrons. The van der Waals surface area contributed by atoms with E-state index in [0.717, 1.165) is 5.41 Å². The maximum absolute atomic E-state index is 11.5. The van der Waals surface area contributed by atoms with Crippen LogP contribution >= 0.6 is 0 Å². The first kappa shape index (κ1) is 13.3. The number of piperidine rings is 1. The molecular formula is C10H17N2O5S+. The summed E-state index contributed by atoms with van der Waals surface area (Å²) in [5.41, 5.74) is 3.34. The third-order valence-electron chi connectivity index (χ3n) is 3.24. The largest absolute Gasteiger partial charge is 0.450 e. The minimum Gasteiger partial charge on any atom is -0.450 e. The molecule has 1 fully saturated rings. The zero-order valence-electron chi connectivity index (χ0n) is 10.2. The van der Waals surface area contributed by atoms with Crippen LogP contribution in [0.5, 0.6) is 0 Å². The highest BCUT2D eigenvalue weighted by molar-refractivity contribution is 7.90. The molecule has 2 rings (SSSR count). The summed E-state index contributed by atoms with van der Waals surface area (Å²) in [6.07, 6.45) is 0.462. The molecule has 0 bridgehead atoms. The van der Waals surface area contributed by atoms with Crippen LogP contribution in [-0.2, 0) is 19.0 Å². The number of carbonyl (C=O) groups is 1. The van der Waals surface area contributed by atoms with Crippen LogP contribution in [0, 0.1) is 0 Å². The maximum Gasteiger partial charge on any atom is 0.409 e. The molecule has 0 saturated carbocycles. The van der Waals surface area contributed by atoms with Gasteiger partial charge in [-0.25, -0.2) is 8.98 Å². The molecular weight excluding hydrogens is 260 g/mol. The monoisotopic (exact) mass is 277 g/mol. The Morgan fingerprint density at radius 1 is 1.56 bits per heavy atom. The number of hydrogen-bond acceptors (Lipinski definition) is 5. The van der Waals surface area contributed by atoms with E-state index in [0.29, 0.717) is 38.2 Å². The quantitative estimate of drug-likeness (QED) is 0.646. The van der Waals surface area contributed by atoms with Gasteiger partial charge in [0.2, 0.25) is 0 Å². The number of carbonyl (C=O) groups excluding carboxylic acids is 1. The average Bonchev–Trinajstić information content (AvgIpc) is 2.50. The van der Waals surface area contributed by atoms with Crippen molar-refractivity contribution >= 4 is 16.2 Å². The second kappa shape index (κ2) is 4.52. The van der Waals surface area contributed by atoms with E-state index in [2.05, 4.69) is 5.73 Å². The van der Waals surface area contributed by atoms with Crippen molar-refractivity contribution in [3.8, 4) is 0 Å². The van der Waals surface area contributed by atoms with Gasteiger partial charge < -0.3 is 15.4 Å². The van der Waals surface area contributed by atoms with Crippen LogP contribution in [0.25, 0.3) is 0 Å². The van der Waals surface area contributed by atoms with Crippen LogP contribution in [0.4, 0.5) is 4.79 Å². The predicted molar refractivity (Wildman–Crippen MR) is 61.5 cm³/mol. The molecule has 1 spiro atoms. The Morgan fingerprint density at radius 3 is 2.61 bits per heavy atom. The molecule has 18 heavy (non-hydrogen) atoms. The fourth-order valence-corrected chi connectivity index (χ4v) is 3.58. The highest BCUT2D eigenvalue weighted by Gasteiger charge is 2.49. The van der Waals surface area contributed by atoms with E-state index in [1.54, 1.807) is 11.8 Å². The smallest absolute Gasteiger partial charge is 0.409 e. The zero-order valence-corrected chi connectivity index (χ0v) is 11.0. The Labute approximate surface area is 106 Å². The lowest BCUT2D eigenvalue weighted by molar-refractivity contribution is -0.330. The van der Waals surface area contributed by atoms with E-state index in [4.69, 9.17) is 8.92 Å². The first-order valence-corrected chi connectivity index (χ1v) is 7.27. The van der Waals surface area contributed by atoms with Gasteiger partial charge in [-0.3, -0.25) is 0 Å². The number of rotatable bonds is 1. The Balaban J connectivity index is 2.03. The standard InChI is InChI=1S/C10H16N2O5S/c1-2-16-9(13)12-5-3-10(4-6-12)8(11)7-18(14,15)17-10/h7H,2-6,11H2,1H3/p+1. The fraction of sp³-hybridized carbons (Fsp3) is 0.700. The molecule has 3 N–H and O–H groups in total. The van der Waals surface area contributed by atoms with Gasteiger partial charge in [0, 0.05) is 25.9 Å². The Hall–Kier alpha value is -1.12. The Morgan fingerprint density at radius 2 is 2.17 bits per heavy atom. The maximum atomic E-state index is 11.5. The predicted octanol–water partition coefficient (Wildman–Crippen LogP) is -0.579. The number of amides is 1. The van der Waals surface area contributed by atoms with Gasteiger partial charge in [0.1, 0.15) is 5.41 Å². The third-order valence-corrected chi connectivity index (χ3v) is 4.37. The van der Waals surface area contributed by atoms with Crippen LogP contribution < -0.4 is 5.73 Å². The summed E-state index contributed by atoms with van der Waals surface area (Å²) in [7, 11) is -3.61. The summed E-state index contributed by atoms with van der Waals surface area (Å²) >= 11 is 0. The second-order valence-electron chi connectivity index (χ2n) is 4.40. The average molecular weight is 277 g/mol. The number of likely N-dealkylation sites (tertiary alicyclic amines) is 1. The van der Waals surface area contributed by atoms with Gasteiger partial charge in [0.15, 0.2) is 11.3 Å². The molecule has 0 atom stereocenters. The van der Waals surface area contributed by atoms with Crippen LogP contribution in [0.1, 0.15) is 19.8 Å². The van der Waals surface area contributed by atoms with Gasteiger partial charge in [-0.1, -0.05) is 0 Å². The lowest BCUT2D eigenvalue weighted by Gasteiger charge is -2.36. The molecule has 0 radical (unpaired) electrons. The van der Waals surface area contributed by atoms with Crippen LogP contribution in [0.3, 0.4) is 0 Å². The van der Waals surface area contributed by atoms with E-state index in [1.165, 1.54) is 0 Å². The van der Waals surface area contributed by atoms with Crippen molar-refractivity contribution in [1.29, 1.82) is 0 Å². The van der Waals surface area contributed by atoms with Gasteiger partial charge in [-0.05, 0) is 6.92 Å². The van der Waals surface area contributed by atoms with Gasteiger partial charge in [-0.2, -0.15) is 8.42 Å². The van der Waals surface area contributed by atoms with Crippen molar-refractivity contribution in [3.63, 3.8) is 0 Å². The van der Waals surface area contributed by atoms with Crippen molar-refractivity contribution < 1.29 is 27.9 Å². The zero-order chi connectivity index (χ0) is 13.4. The van der Waals surface area contributed by atoms with E-state index in [9.17, 15) is 13.2 Å². The summed E-state index contributed by atoms with van der Waals surface area (Å²) in [6.45, 7) is 2.88. The van der Waals surface area contributed by atoms with Gasteiger partial charge in [0.05, 0.1) is 6.61 Å². The highest BCUT2D eigenvalue weighted by atomic mass is 32.2. The second-order valence-corrected chi connectivity index (χ2v) is 5.79. The molecule has 0 aromatic heterocycles. The van der Waals surface area contributed by atoms with Crippen molar-refractivity contribution in [2.24, 2.45) is 0 Å². The van der Waals surface area contributed by atoms with Crippen molar-refractivity contribution in [1.82, 2.24) is 4.90 Å².